The minimum atomic E-state index is -3.25. The molecule has 8 nitrogen and oxygen atoms in total. The van der Waals surface area contributed by atoms with Crippen LogP contribution in [-0.4, -0.2) is 49.9 Å². The van der Waals surface area contributed by atoms with Gasteiger partial charge < -0.3 is 5.32 Å². The fourth-order valence-corrected chi connectivity index (χ4v) is 5.25. The van der Waals surface area contributed by atoms with Gasteiger partial charge in [-0.3, -0.25) is 23.6 Å². The highest BCUT2D eigenvalue weighted by atomic mass is 32.2. The van der Waals surface area contributed by atoms with Crippen LogP contribution in [0.3, 0.4) is 0 Å². The van der Waals surface area contributed by atoms with Gasteiger partial charge in [0.05, 0.1) is 22.6 Å². The molecule has 30 heavy (non-hydrogen) atoms. The number of imide groups is 1. The number of aryl methyl sites for hydroxylation is 1. The number of benzene rings is 2. The van der Waals surface area contributed by atoms with Gasteiger partial charge in [0.25, 0.3) is 11.8 Å². The molecule has 2 aliphatic rings. The van der Waals surface area contributed by atoms with Crippen molar-refractivity contribution in [3.05, 3.63) is 59.2 Å². The molecule has 0 radical (unpaired) electrons. The first-order valence-electron chi connectivity index (χ1n) is 9.63. The second-order valence-electron chi connectivity index (χ2n) is 7.40. The van der Waals surface area contributed by atoms with E-state index in [1.165, 1.54) is 4.31 Å². The molecule has 1 N–H and O–H groups in total. The normalized spacial score (nSPS) is 17.4. The van der Waals surface area contributed by atoms with Gasteiger partial charge in [-0.25, -0.2) is 8.42 Å². The summed E-state index contributed by atoms with van der Waals surface area (Å²) in [6, 6.07) is 11.6. The Balaban J connectivity index is 1.35. The molecule has 9 heteroatoms. The van der Waals surface area contributed by atoms with Gasteiger partial charge in [-0.15, -0.1) is 0 Å². The molecule has 0 saturated carbocycles. The summed E-state index contributed by atoms with van der Waals surface area (Å²) in [5.41, 5.74) is 2.69. The number of fused-ring (bicyclic) bond motifs is 1. The summed E-state index contributed by atoms with van der Waals surface area (Å²) >= 11 is 0. The summed E-state index contributed by atoms with van der Waals surface area (Å²) in [6.45, 7) is 2.29. The summed E-state index contributed by atoms with van der Waals surface area (Å²) in [6.07, 6.45) is 0.560. The number of sulfonamides is 1. The van der Waals surface area contributed by atoms with E-state index in [-0.39, 0.29) is 36.4 Å². The molecule has 4 rings (SSSR count). The number of amides is 3. The van der Waals surface area contributed by atoms with Crippen molar-refractivity contribution in [1.82, 2.24) is 4.90 Å². The van der Waals surface area contributed by atoms with Gasteiger partial charge in [0.2, 0.25) is 15.9 Å². The van der Waals surface area contributed by atoms with Crippen LogP contribution in [0.15, 0.2) is 42.5 Å². The molecule has 0 unspecified atom stereocenters. The van der Waals surface area contributed by atoms with Crippen molar-refractivity contribution >= 4 is 39.1 Å². The van der Waals surface area contributed by atoms with E-state index in [2.05, 4.69) is 5.32 Å². The molecule has 2 heterocycles. The highest BCUT2D eigenvalue weighted by Gasteiger charge is 2.35. The number of nitrogens with zero attached hydrogens (tertiary/aromatic N) is 2. The predicted octanol–water partition coefficient (Wildman–Crippen LogP) is 2.16. The van der Waals surface area contributed by atoms with Gasteiger partial charge in [0.1, 0.15) is 0 Å². The lowest BCUT2D eigenvalue weighted by Gasteiger charge is -2.17. The molecule has 0 aromatic heterocycles. The molecule has 0 spiro atoms. The summed E-state index contributed by atoms with van der Waals surface area (Å²) in [4.78, 5) is 38.3. The number of hydrogen-bond donors (Lipinski definition) is 1. The maximum Gasteiger partial charge on any atom is 0.261 e. The summed E-state index contributed by atoms with van der Waals surface area (Å²) in [5.74, 6) is -0.978. The largest absolute Gasteiger partial charge is 0.326 e. The van der Waals surface area contributed by atoms with E-state index in [1.807, 2.05) is 6.92 Å². The second-order valence-corrected chi connectivity index (χ2v) is 9.41. The van der Waals surface area contributed by atoms with Gasteiger partial charge in [-0.2, -0.15) is 0 Å². The maximum atomic E-state index is 12.5. The molecule has 0 bridgehead atoms. The smallest absolute Gasteiger partial charge is 0.261 e. The van der Waals surface area contributed by atoms with E-state index >= 15 is 0 Å². The Bertz CT molecular complexity index is 1140. The SMILES string of the molecule is Cc1ccc2c(c1)C(=O)N(CCC(=O)Nc1ccc(N3CCCS3(=O)=O)cc1)C2=O. The highest BCUT2D eigenvalue weighted by Crippen LogP contribution is 2.26. The molecule has 3 amide bonds. The number of rotatable bonds is 5. The average molecular weight is 427 g/mol. The van der Waals surface area contributed by atoms with Gasteiger partial charge in [0, 0.05) is 25.2 Å². The molecule has 0 aliphatic carbocycles. The van der Waals surface area contributed by atoms with Gasteiger partial charge in [-0.05, 0) is 49.7 Å². The molecule has 1 fully saturated rings. The average Bonchev–Trinajstić information content (AvgIpc) is 3.17. The van der Waals surface area contributed by atoms with Crippen LogP contribution in [0.2, 0.25) is 0 Å². The Morgan fingerprint density at radius 1 is 1.03 bits per heavy atom. The highest BCUT2D eigenvalue weighted by molar-refractivity contribution is 7.93. The van der Waals surface area contributed by atoms with Crippen molar-refractivity contribution in [3.8, 4) is 0 Å². The fourth-order valence-electron chi connectivity index (χ4n) is 3.69. The van der Waals surface area contributed by atoms with Crippen LogP contribution in [0.5, 0.6) is 0 Å². The third-order valence-corrected chi connectivity index (χ3v) is 7.10. The van der Waals surface area contributed by atoms with Crippen molar-refractivity contribution in [1.29, 1.82) is 0 Å². The fraction of sp³-hybridized carbons (Fsp3) is 0.286. The molecular formula is C21H21N3O5S. The topological polar surface area (TPSA) is 104 Å². The summed E-state index contributed by atoms with van der Waals surface area (Å²) < 4.78 is 25.3. The molecule has 2 aliphatic heterocycles. The first-order valence-corrected chi connectivity index (χ1v) is 11.2. The molecule has 156 valence electrons. The quantitative estimate of drug-likeness (QED) is 0.737. The lowest BCUT2D eigenvalue weighted by Crippen LogP contribution is -2.32. The Kier molecular flexibility index (Phi) is 5.07. The predicted molar refractivity (Wildman–Crippen MR) is 112 cm³/mol. The van der Waals surface area contributed by atoms with E-state index in [0.29, 0.717) is 35.5 Å². The Hall–Kier alpha value is -3.20. The molecule has 0 atom stereocenters. The first-order chi connectivity index (χ1) is 14.3. The van der Waals surface area contributed by atoms with E-state index in [4.69, 9.17) is 0 Å². The zero-order valence-corrected chi connectivity index (χ0v) is 17.2. The zero-order chi connectivity index (χ0) is 21.5. The van der Waals surface area contributed by atoms with E-state index in [0.717, 1.165) is 10.5 Å². The van der Waals surface area contributed by atoms with Crippen molar-refractivity contribution in [2.45, 2.75) is 19.8 Å². The van der Waals surface area contributed by atoms with Gasteiger partial charge in [-0.1, -0.05) is 11.6 Å². The number of nitrogens with one attached hydrogen (secondary N) is 1. The Labute approximate surface area is 174 Å². The zero-order valence-electron chi connectivity index (χ0n) is 16.4. The standard InChI is InChI=1S/C21H21N3O5S/c1-14-3-8-17-18(13-14)21(27)23(20(17)26)11-9-19(25)22-15-4-6-16(7-5-15)24-10-2-12-30(24,28)29/h3-8,13H,2,9-12H2,1H3,(H,22,25). The van der Waals surface area contributed by atoms with Crippen LogP contribution in [0.1, 0.15) is 39.1 Å². The second kappa shape index (κ2) is 7.56. The molecular weight excluding hydrogens is 406 g/mol. The monoisotopic (exact) mass is 427 g/mol. The third-order valence-electron chi connectivity index (χ3n) is 5.23. The van der Waals surface area contributed by atoms with Crippen LogP contribution in [0.25, 0.3) is 0 Å². The van der Waals surface area contributed by atoms with Crippen molar-refractivity contribution in [2.75, 3.05) is 28.5 Å². The minimum absolute atomic E-state index is 0.0126. The molecule has 2 aromatic rings. The number of carbonyl (C=O) groups is 3. The van der Waals surface area contributed by atoms with Crippen LogP contribution in [0, 0.1) is 6.92 Å². The van der Waals surface area contributed by atoms with Crippen molar-refractivity contribution < 1.29 is 22.8 Å². The van der Waals surface area contributed by atoms with Gasteiger partial charge >= 0.3 is 0 Å². The third kappa shape index (κ3) is 3.68. The van der Waals surface area contributed by atoms with E-state index < -0.39 is 10.0 Å². The van der Waals surface area contributed by atoms with Gasteiger partial charge in [0.15, 0.2) is 0 Å². The first kappa shape index (κ1) is 20.1. The number of carbonyl (C=O) groups excluding carboxylic acids is 3. The van der Waals surface area contributed by atoms with E-state index in [1.54, 1.807) is 42.5 Å². The molecule has 2 aromatic carbocycles. The van der Waals surface area contributed by atoms with E-state index in [9.17, 15) is 22.8 Å². The van der Waals surface area contributed by atoms with Crippen LogP contribution in [-0.2, 0) is 14.8 Å². The number of anilines is 2. The minimum Gasteiger partial charge on any atom is -0.326 e. The van der Waals surface area contributed by atoms with Crippen molar-refractivity contribution in [2.24, 2.45) is 0 Å². The Morgan fingerprint density at radius 3 is 2.40 bits per heavy atom. The van der Waals surface area contributed by atoms with Crippen LogP contribution >= 0.6 is 0 Å². The lowest BCUT2D eigenvalue weighted by atomic mass is 10.1. The van der Waals surface area contributed by atoms with Crippen LogP contribution in [0.4, 0.5) is 11.4 Å². The number of hydrogen-bond acceptors (Lipinski definition) is 5. The summed E-state index contributed by atoms with van der Waals surface area (Å²) in [5, 5.41) is 2.71. The summed E-state index contributed by atoms with van der Waals surface area (Å²) in [7, 11) is -3.25. The van der Waals surface area contributed by atoms with Crippen molar-refractivity contribution in [3.63, 3.8) is 0 Å². The lowest BCUT2D eigenvalue weighted by molar-refractivity contribution is -0.116. The maximum absolute atomic E-state index is 12.5. The Morgan fingerprint density at radius 2 is 1.73 bits per heavy atom. The molecule has 1 saturated heterocycles. The van der Waals surface area contributed by atoms with Crippen LogP contribution < -0.4 is 9.62 Å².